The van der Waals surface area contributed by atoms with E-state index >= 15 is 0 Å². The summed E-state index contributed by atoms with van der Waals surface area (Å²) >= 11 is 0. The van der Waals surface area contributed by atoms with Crippen LogP contribution >= 0.6 is 0 Å². The number of pyridine rings is 2. The Balaban J connectivity index is 1.56. The minimum absolute atomic E-state index is 0.0520. The lowest BCUT2D eigenvalue weighted by Gasteiger charge is -2.30. The lowest BCUT2D eigenvalue weighted by Crippen LogP contribution is -2.29. The fourth-order valence-electron chi connectivity index (χ4n) is 5.68. The summed E-state index contributed by atoms with van der Waals surface area (Å²) in [7, 11) is 0. The summed E-state index contributed by atoms with van der Waals surface area (Å²) in [5, 5.41) is 0. The summed E-state index contributed by atoms with van der Waals surface area (Å²) in [4.78, 5) is 26.9. The van der Waals surface area contributed by atoms with Crippen LogP contribution in [0.3, 0.4) is 0 Å². The molecule has 1 aliphatic carbocycles. The van der Waals surface area contributed by atoms with Crippen LogP contribution in [0.4, 0.5) is 17.6 Å². The van der Waals surface area contributed by atoms with E-state index in [1.54, 1.807) is 30.5 Å². The van der Waals surface area contributed by atoms with Crippen molar-refractivity contribution in [3.05, 3.63) is 105 Å². The molecule has 1 aromatic carbocycles. The molecule has 0 unspecified atom stereocenters. The molecular weight excluding hydrogens is 508 g/mol. The third kappa shape index (κ3) is 5.35. The first-order chi connectivity index (χ1) is 18.7. The number of fused-ring (bicyclic) bond motifs is 1. The van der Waals surface area contributed by atoms with E-state index in [2.05, 4.69) is 15.0 Å². The van der Waals surface area contributed by atoms with Crippen molar-refractivity contribution in [2.24, 2.45) is 0 Å². The lowest BCUT2D eigenvalue weighted by molar-refractivity contribution is -0.138. The summed E-state index contributed by atoms with van der Waals surface area (Å²) < 4.78 is 57.1. The third-order valence-corrected chi connectivity index (χ3v) is 7.53. The maximum Gasteiger partial charge on any atom is 0.418 e. The highest BCUT2D eigenvalue weighted by Crippen LogP contribution is 2.41. The molecule has 9 heteroatoms. The van der Waals surface area contributed by atoms with Crippen molar-refractivity contribution < 1.29 is 17.6 Å². The minimum atomic E-state index is -4.62. The van der Waals surface area contributed by atoms with Gasteiger partial charge in [-0.1, -0.05) is 18.2 Å². The second-order valence-electron chi connectivity index (χ2n) is 10.0. The van der Waals surface area contributed by atoms with E-state index in [-0.39, 0.29) is 29.0 Å². The van der Waals surface area contributed by atoms with Crippen molar-refractivity contribution in [1.29, 1.82) is 0 Å². The molecule has 0 radical (unpaired) electrons. The lowest BCUT2D eigenvalue weighted by atomic mass is 9.75. The number of halogens is 4. The Kier molecular flexibility index (Phi) is 7.34. The van der Waals surface area contributed by atoms with Crippen LogP contribution in [-0.2, 0) is 12.7 Å². The fourth-order valence-corrected chi connectivity index (χ4v) is 5.68. The molecule has 0 saturated heterocycles. The Morgan fingerprint density at radius 3 is 2.49 bits per heavy atom. The Hall–Kier alpha value is -3.88. The van der Waals surface area contributed by atoms with Crippen molar-refractivity contribution in [3.63, 3.8) is 0 Å². The zero-order valence-electron chi connectivity index (χ0n) is 21.7. The van der Waals surface area contributed by atoms with Crippen molar-refractivity contribution in [2.75, 3.05) is 0 Å². The summed E-state index contributed by atoms with van der Waals surface area (Å²) in [6.07, 6.45) is 4.42. The zero-order chi connectivity index (χ0) is 27.7. The fraction of sp³-hybridized carbons (Fsp3) is 0.333. The minimum Gasteiger partial charge on any atom is -0.285 e. The van der Waals surface area contributed by atoms with Gasteiger partial charge in [0.15, 0.2) is 5.65 Å². The van der Waals surface area contributed by atoms with Crippen LogP contribution in [0, 0.1) is 12.7 Å². The number of benzene rings is 1. The van der Waals surface area contributed by atoms with Gasteiger partial charge in [-0.3, -0.25) is 19.3 Å². The smallest absolute Gasteiger partial charge is 0.285 e. The van der Waals surface area contributed by atoms with E-state index in [0.29, 0.717) is 42.5 Å². The van der Waals surface area contributed by atoms with E-state index in [1.165, 1.54) is 22.9 Å². The van der Waals surface area contributed by atoms with Crippen LogP contribution in [0.2, 0.25) is 0 Å². The van der Waals surface area contributed by atoms with E-state index in [4.69, 9.17) is 0 Å². The SMILES string of the molecule is C/C=C\c1cnc2cc(C3CCC(c4c(C)cccc4F)CC3)c(=O)n(Cc3ncccc3C(F)(F)F)c2n1. The summed E-state index contributed by atoms with van der Waals surface area (Å²) in [6, 6.07) is 8.98. The number of alkyl halides is 3. The molecule has 3 heterocycles. The molecule has 39 heavy (non-hydrogen) atoms. The van der Waals surface area contributed by atoms with Gasteiger partial charge < -0.3 is 0 Å². The van der Waals surface area contributed by atoms with Gasteiger partial charge in [-0.05, 0) is 92.8 Å². The number of aromatic nitrogens is 4. The highest BCUT2D eigenvalue weighted by molar-refractivity contribution is 5.72. The van der Waals surface area contributed by atoms with Crippen LogP contribution < -0.4 is 5.56 Å². The van der Waals surface area contributed by atoms with Crippen molar-refractivity contribution in [3.8, 4) is 0 Å². The van der Waals surface area contributed by atoms with Crippen molar-refractivity contribution in [1.82, 2.24) is 19.5 Å². The van der Waals surface area contributed by atoms with Crippen LogP contribution in [-0.4, -0.2) is 19.5 Å². The Labute approximate surface area is 223 Å². The molecule has 202 valence electrons. The van der Waals surface area contributed by atoms with Crippen molar-refractivity contribution >= 4 is 17.2 Å². The highest BCUT2D eigenvalue weighted by atomic mass is 19.4. The van der Waals surface area contributed by atoms with E-state index in [9.17, 15) is 22.4 Å². The normalized spacial score (nSPS) is 18.2. The molecule has 1 saturated carbocycles. The third-order valence-electron chi connectivity index (χ3n) is 7.53. The van der Waals surface area contributed by atoms with Crippen LogP contribution in [0.15, 0.2) is 59.7 Å². The molecule has 5 rings (SSSR count). The second-order valence-corrected chi connectivity index (χ2v) is 10.0. The zero-order valence-corrected chi connectivity index (χ0v) is 21.7. The van der Waals surface area contributed by atoms with Gasteiger partial charge in [0.2, 0.25) is 0 Å². The van der Waals surface area contributed by atoms with Gasteiger partial charge in [0.25, 0.3) is 5.56 Å². The van der Waals surface area contributed by atoms with Gasteiger partial charge in [0, 0.05) is 11.8 Å². The number of hydrogen-bond acceptors (Lipinski definition) is 4. The molecule has 0 amide bonds. The van der Waals surface area contributed by atoms with Gasteiger partial charge in [-0.2, -0.15) is 13.2 Å². The molecule has 4 aromatic rings. The van der Waals surface area contributed by atoms with Crippen LogP contribution in [0.25, 0.3) is 17.2 Å². The quantitative estimate of drug-likeness (QED) is 0.254. The molecule has 5 nitrogen and oxygen atoms in total. The number of allylic oxidation sites excluding steroid dienone is 1. The molecule has 3 aromatic heterocycles. The average Bonchev–Trinajstić information content (AvgIpc) is 2.90. The largest absolute Gasteiger partial charge is 0.418 e. The first kappa shape index (κ1) is 26.7. The second kappa shape index (κ2) is 10.7. The summed E-state index contributed by atoms with van der Waals surface area (Å²) in [6.45, 7) is 3.32. The van der Waals surface area contributed by atoms with Gasteiger partial charge in [-0.15, -0.1) is 0 Å². The molecule has 0 aliphatic heterocycles. The predicted octanol–water partition coefficient (Wildman–Crippen LogP) is 7.18. The molecule has 1 aliphatic rings. The number of nitrogens with zero attached hydrogens (tertiary/aromatic N) is 4. The standard InChI is InChI=1S/C30H28F4N4O/c1-3-6-21-16-36-25-15-22(19-10-12-20(13-11-19)27-18(2)7-4-9-24(27)31)29(39)38(28(25)37-21)17-26-23(30(32,33)34)8-5-14-35-26/h3-9,14-16,19-20H,10-13,17H2,1-2H3/b6-3-. The Morgan fingerprint density at radius 1 is 1.05 bits per heavy atom. The van der Waals surface area contributed by atoms with E-state index in [0.717, 1.165) is 17.2 Å². The van der Waals surface area contributed by atoms with Gasteiger partial charge >= 0.3 is 6.18 Å². The number of rotatable bonds is 5. The van der Waals surface area contributed by atoms with E-state index in [1.807, 2.05) is 19.9 Å². The average molecular weight is 537 g/mol. The number of aryl methyl sites for hydroxylation is 1. The van der Waals surface area contributed by atoms with E-state index < -0.39 is 23.8 Å². The summed E-state index contributed by atoms with van der Waals surface area (Å²) in [5.41, 5.74) is 1.68. The van der Waals surface area contributed by atoms with Gasteiger partial charge in [0.05, 0.1) is 29.7 Å². The monoisotopic (exact) mass is 536 g/mol. The maximum atomic E-state index is 14.6. The molecule has 0 spiro atoms. The first-order valence-corrected chi connectivity index (χ1v) is 13.0. The highest BCUT2D eigenvalue weighted by Gasteiger charge is 2.34. The predicted molar refractivity (Wildman–Crippen MR) is 142 cm³/mol. The molecule has 1 fully saturated rings. The molecule has 0 bridgehead atoms. The van der Waals surface area contributed by atoms with Crippen LogP contribution in [0.1, 0.15) is 78.1 Å². The van der Waals surface area contributed by atoms with Gasteiger partial charge in [0.1, 0.15) is 11.3 Å². The van der Waals surface area contributed by atoms with Crippen molar-refractivity contribution in [2.45, 2.75) is 64.1 Å². The molecular formula is C30H28F4N4O. The number of hydrogen-bond donors (Lipinski definition) is 0. The maximum absolute atomic E-state index is 14.6. The Bertz CT molecular complexity index is 1580. The van der Waals surface area contributed by atoms with Crippen LogP contribution in [0.5, 0.6) is 0 Å². The molecule has 0 atom stereocenters. The first-order valence-electron chi connectivity index (χ1n) is 13.0. The Morgan fingerprint density at radius 2 is 1.79 bits per heavy atom. The van der Waals surface area contributed by atoms with Gasteiger partial charge in [-0.25, -0.2) is 9.37 Å². The summed E-state index contributed by atoms with van der Waals surface area (Å²) in [5.74, 6) is -0.287. The molecule has 0 N–H and O–H groups in total. The topological polar surface area (TPSA) is 60.7 Å².